The van der Waals surface area contributed by atoms with E-state index < -0.39 is 0 Å². The van der Waals surface area contributed by atoms with Gasteiger partial charge < -0.3 is 10.1 Å². The van der Waals surface area contributed by atoms with Gasteiger partial charge in [0.15, 0.2) is 0 Å². The van der Waals surface area contributed by atoms with Crippen molar-refractivity contribution in [3.8, 4) is 5.88 Å². The third kappa shape index (κ3) is 3.20. The van der Waals surface area contributed by atoms with Crippen molar-refractivity contribution in [2.45, 2.75) is 51.8 Å². The molecule has 0 aliphatic heterocycles. The molecule has 0 amide bonds. The number of hydrogen-bond acceptors (Lipinski definition) is 3. The van der Waals surface area contributed by atoms with Crippen molar-refractivity contribution >= 4 is 0 Å². The first-order valence-electron chi connectivity index (χ1n) is 6.13. The van der Waals surface area contributed by atoms with E-state index in [2.05, 4.69) is 30.2 Å². The van der Waals surface area contributed by atoms with E-state index in [1.807, 2.05) is 6.07 Å². The van der Waals surface area contributed by atoms with Crippen LogP contribution in [-0.4, -0.2) is 17.1 Å². The molecule has 0 saturated heterocycles. The molecular weight excluding hydrogens is 200 g/mol. The normalized spacial score (nSPS) is 17.1. The molecule has 1 aromatic heterocycles. The second kappa shape index (κ2) is 5.30. The molecule has 3 heteroatoms. The molecular formula is C13H20N2O. The maximum Gasteiger partial charge on any atom is 0.218 e. The summed E-state index contributed by atoms with van der Waals surface area (Å²) in [5.41, 5.74) is 1.16. The van der Waals surface area contributed by atoms with Crippen LogP contribution < -0.4 is 10.1 Å². The van der Waals surface area contributed by atoms with Crippen molar-refractivity contribution in [3.63, 3.8) is 0 Å². The van der Waals surface area contributed by atoms with E-state index in [1.165, 1.54) is 12.8 Å². The minimum atomic E-state index is 0.231. The Morgan fingerprint density at radius 2 is 2.38 bits per heavy atom. The molecule has 1 aliphatic carbocycles. The Balaban J connectivity index is 1.97. The van der Waals surface area contributed by atoms with E-state index in [9.17, 15) is 0 Å². The molecule has 0 radical (unpaired) electrons. The second-order valence-electron chi connectivity index (χ2n) is 4.46. The van der Waals surface area contributed by atoms with Gasteiger partial charge in [-0.25, -0.2) is 4.98 Å². The van der Waals surface area contributed by atoms with Crippen molar-refractivity contribution < 1.29 is 4.74 Å². The lowest BCUT2D eigenvalue weighted by atomic mass is 10.2. The zero-order chi connectivity index (χ0) is 11.4. The van der Waals surface area contributed by atoms with Gasteiger partial charge in [0.05, 0.1) is 6.10 Å². The molecule has 1 saturated carbocycles. The van der Waals surface area contributed by atoms with Crippen molar-refractivity contribution in [1.29, 1.82) is 0 Å². The van der Waals surface area contributed by atoms with E-state index in [4.69, 9.17) is 4.74 Å². The largest absolute Gasteiger partial charge is 0.474 e. The predicted molar refractivity (Wildman–Crippen MR) is 64.5 cm³/mol. The summed E-state index contributed by atoms with van der Waals surface area (Å²) in [6.45, 7) is 5.06. The fraction of sp³-hybridized carbons (Fsp3) is 0.615. The lowest BCUT2D eigenvalue weighted by molar-refractivity contribution is 0.206. The summed E-state index contributed by atoms with van der Waals surface area (Å²) < 4.78 is 5.80. The molecule has 88 valence electrons. The molecule has 1 unspecified atom stereocenters. The molecule has 2 rings (SSSR count). The summed E-state index contributed by atoms with van der Waals surface area (Å²) in [6.07, 6.45) is 5.64. The minimum Gasteiger partial charge on any atom is -0.474 e. The van der Waals surface area contributed by atoms with Crippen LogP contribution in [0.15, 0.2) is 18.3 Å². The average molecular weight is 220 g/mol. The van der Waals surface area contributed by atoms with Crippen molar-refractivity contribution in [2.24, 2.45) is 0 Å². The zero-order valence-corrected chi connectivity index (χ0v) is 10.1. The lowest BCUT2D eigenvalue weighted by Gasteiger charge is -2.14. The smallest absolute Gasteiger partial charge is 0.218 e. The second-order valence-corrected chi connectivity index (χ2v) is 4.46. The third-order valence-electron chi connectivity index (χ3n) is 2.90. The van der Waals surface area contributed by atoms with Gasteiger partial charge in [-0.15, -0.1) is 0 Å². The summed E-state index contributed by atoms with van der Waals surface area (Å²) in [6, 6.07) is 4.77. The fourth-order valence-corrected chi connectivity index (χ4v) is 1.48. The van der Waals surface area contributed by atoms with E-state index in [0.29, 0.717) is 0 Å². The van der Waals surface area contributed by atoms with Gasteiger partial charge in [-0.2, -0.15) is 0 Å². The van der Waals surface area contributed by atoms with Crippen LogP contribution in [-0.2, 0) is 6.54 Å². The molecule has 1 fully saturated rings. The highest BCUT2D eigenvalue weighted by atomic mass is 16.5. The average Bonchev–Trinajstić information content (AvgIpc) is 3.11. The quantitative estimate of drug-likeness (QED) is 0.800. The van der Waals surface area contributed by atoms with Gasteiger partial charge in [-0.1, -0.05) is 13.0 Å². The van der Waals surface area contributed by atoms with Gasteiger partial charge in [0.1, 0.15) is 0 Å². The molecule has 1 N–H and O–H groups in total. The Morgan fingerprint density at radius 1 is 1.56 bits per heavy atom. The lowest BCUT2D eigenvalue weighted by Crippen LogP contribution is -2.18. The Hall–Kier alpha value is -1.09. The van der Waals surface area contributed by atoms with E-state index in [1.54, 1.807) is 6.20 Å². The summed E-state index contributed by atoms with van der Waals surface area (Å²) in [5, 5.41) is 3.48. The number of ether oxygens (including phenoxy) is 1. The number of pyridine rings is 1. The van der Waals surface area contributed by atoms with Gasteiger partial charge in [-0.3, -0.25) is 0 Å². The standard InChI is InChI=1S/C13H20N2O/c1-3-10(2)16-13-11(5-4-8-14-13)9-15-12-6-7-12/h4-5,8,10,12,15H,3,6-7,9H2,1-2H3. The van der Waals surface area contributed by atoms with E-state index in [-0.39, 0.29) is 6.10 Å². The Kier molecular flexibility index (Phi) is 3.78. The highest BCUT2D eigenvalue weighted by molar-refractivity contribution is 5.25. The van der Waals surface area contributed by atoms with Crippen LogP contribution >= 0.6 is 0 Å². The first-order valence-corrected chi connectivity index (χ1v) is 6.13. The Bertz CT molecular complexity index is 336. The zero-order valence-electron chi connectivity index (χ0n) is 10.1. The summed E-state index contributed by atoms with van der Waals surface area (Å²) in [7, 11) is 0. The maximum atomic E-state index is 5.80. The van der Waals surface area contributed by atoms with Crippen LogP contribution in [0.3, 0.4) is 0 Å². The molecule has 0 aromatic carbocycles. The molecule has 0 bridgehead atoms. The highest BCUT2D eigenvalue weighted by Gasteiger charge is 2.20. The van der Waals surface area contributed by atoms with Crippen molar-refractivity contribution in [3.05, 3.63) is 23.9 Å². The van der Waals surface area contributed by atoms with Crippen molar-refractivity contribution in [1.82, 2.24) is 10.3 Å². The first kappa shape index (κ1) is 11.4. The number of aromatic nitrogens is 1. The summed E-state index contributed by atoms with van der Waals surface area (Å²) in [4.78, 5) is 4.30. The monoisotopic (exact) mass is 220 g/mol. The third-order valence-corrected chi connectivity index (χ3v) is 2.90. The molecule has 0 spiro atoms. The maximum absolute atomic E-state index is 5.80. The number of nitrogens with zero attached hydrogens (tertiary/aromatic N) is 1. The Morgan fingerprint density at radius 3 is 3.06 bits per heavy atom. The van der Waals surface area contributed by atoms with Crippen molar-refractivity contribution in [2.75, 3.05) is 0 Å². The highest BCUT2D eigenvalue weighted by Crippen LogP contribution is 2.21. The van der Waals surface area contributed by atoms with Crippen LogP contribution in [0.5, 0.6) is 5.88 Å². The molecule has 1 heterocycles. The molecule has 1 atom stereocenters. The van der Waals surface area contributed by atoms with Crippen LogP contribution in [0.4, 0.5) is 0 Å². The number of hydrogen-bond donors (Lipinski definition) is 1. The van der Waals surface area contributed by atoms with E-state index >= 15 is 0 Å². The van der Waals surface area contributed by atoms with Gasteiger partial charge in [0, 0.05) is 24.3 Å². The SMILES string of the molecule is CCC(C)Oc1ncccc1CNC1CC1. The summed E-state index contributed by atoms with van der Waals surface area (Å²) in [5.74, 6) is 0.782. The fourth-order valence-electron chi connectivity index (χ4n) is 1.48. The van der Waals surface area contributed by atoms with Gasteiger partial charge in [0.25, 0.3) is 0 Å². The van der Waals surface area contributed by atoms with Gasteiger partial charge in [0.2, 0.25) is 5.88 Å². The Labute approximate surface area is 97.2 Å². The van der Waals surface area contributed by atoms with Gasteiger partial charge in [-0.05, 0) is 32.3 Å². The van der Waals surface area contributed by atoms with Crippen LogP contribution in [0.25, 0.3) is 0 Å². The number of nitrogens with one attached hydrogen (secondary N) is 1. The van der Waals surface area contributed by atoms with Crippen LogP contribution in [0.2, 0.25) is 0 Å². The minimum absolute atomic E-state index is 0.231. The number of rotatable bonds is 6. The molecule has 16 heavy (non-hydrogen) atoms. The first-order chi connectivity index (χ1) is 7.79. The molecule has 1 aromatic rings. The molecule has 3 nitrogen and oxygen atoms in total. The summed E-state index contributed by atoms with van der Waals surface area (Å²) >= 11 is 0. The van der Waals surface area contributed by atoms with Crippen LogP contribution in [0.1, 0.15) is 38.7 Å². The topological polar surface area (TPSA) is 34.1 Å². The van der Waals surface area contributed by atoms with Crippen LogP contribution in [0, 0.1) is 0 Å². The van der Waals surface area contributed by atoms with E-state index in [0.717, 1.165) is 30.5 Å². The van der Waals surface area contributed by atoms with Gasteiger partial charge >= 0.3 is 0 Å². The predicted octanol–water partition coefficient (Wildman–Crippen LogP) is 2.51. The molecule has 1 aliphatic rings.